The third-order valence-corrected chi connectivity index (χ3v) is 3.56. The summed E-state index contributed by atoms with van der Waals surface area (Å²) in [6, 6.07) is 6.09. The number of rotatable bonds is 6. The topological polar surface area (TPSA) is 82.9 Å². The van der Waals surface area contributed by atoms with Crippen LogP contribution in [0.25, 0.3) is 0 Å². The number of benzene rings is 1. The summed E-state index contributed by atoms with van der Waals surface area (Å²) in [5.41, 5.74) is 1.56. The highest BCUT2D eigenvalue weighted by Crippen LogP contribution is 2.25. The quantitative estimate of drug-likeness (QED) is 0.708. The Bertz CT molecular complexity index is 726. The fourth-order valence-corrected chi connectivity index (χ4v) is 2.26. The van der Waals surface area contributed by atoms with E-state index in [2.05, 4.69) is 25.3 Å². The molecule has 0 bridgehead atoms. The minimum Gasteiger partial charge on any atom is -0.433 e. The Morgan fingerprint density at radius 3 is 2.50 bits per heavy atom. The maximum atomic E-state index is 12.8. The first-order chi connectivity index (χ1) is 11.4. The summed E-state index contributed by atoms with van der Waals surface area (Å²) < 4.78 is 30.1. The van der Waals surface area contributed by atoms with Crippen LogP contribution in [-0.2, 0) is 0 Å². The Kier molecular flexibility index (Phi) is 4.39. The van der Waals surface area contributed by atoms with Crippen LogP contribution >= 0.6 is 0 Å². The molecular weight excluding hydrogens is 316 g/mol. The summed E-state index contributed by atoms with van der Waals surface area (Å²) >= 11 is 0. The Balaban J connectivity index is 1.75. The molecule has 8 heteroatoms. The fourth-order valence-electron chi connectivity index (χ4n) is 2.26. The molecule has 0 atom stereocenters. The highest BCUT2D eigenvalue weighted by Gasteiger charge is 2.26. The van der Waals surface area contributed by atoms with E-state index >= 15 is 0 Å². The molecule has 2 aromatic rings. The summed E-state index contributed by atoms with van der Waals surface area (Å²) in [6.45, 7) is 2.20. The van der Waals surface area contributed by atoms with E-state index in [9.17, 15) is 8.78 Å². The number of nitrogens with one attached hydrogen (secondary N) is 3. The van der Waals surface area contributed by atoms with Gasteiger partial charge in [0.25, 0.3) is 0 Å². The van der Waals surface area contributed by atoms with Gasteiger partial charge in [0.2, 0.25) is 0 Å². The van der Waals surface area contributed by atoms with Crippen LogP contribution in [0.1, 0.15) is 12.6 Å². The normalized spacial score (nSPS) is 14.8. The van der Waals surface area contributed by atoms with Gasteiger partial charge in [-0.2, -0.15) is 8.78 Å². The average molecular weight is 333 g/mol. The van der Waals surface area contributed by atoms with Crippen molar-refractivity contribution < 1.29 is 13.5 Å². The molecule has 0 radical (unpaired) electrons. The molecule has 1 aromatic heterocycles. The molecule has 0 aliphatic carbocycles. The van der Waals surface area contributed by atoms with Gasteiger partial charge in [-0.1, -0.05) is 0 Å². The lowest BCUT2D eigenvalue weighted by molar-refractivity contribution is -0.158. The van der Waals surface area contributed by atoms with Crippen molar-refractivity contribution in [3.05, 3.63) is 42.4 Å². The van der Waals surface area contributed by atoms with Crippen LogP contribution in [-0.4, -0.2) is 34.9 Å². The van der Waals surface area contributed by atoms with Crippen LogP contribution in [0.2, 0.25) is 0 Å². The van der Waals surface area contributed by atoms with Crippen LogP contribution in [0.15, 0.2) is 36.7 Å². The third-order valence-electron chi connectivity index (χ3n) is 3.56. The number of ether oxygens (including phenoxy) is 1. The van der Waals surface area contributed by atoms with Crippen LogP contribution in [0.3, 0.4) is 0 Å². The van der Waals surface area contributed by atoms with Gasteiger partial charge in [0.05, 0.1) is 5.71 Å². The summed E-state index contributed by atoms with van der Waals surface area (Å²) in [4.78, 5) is 8.47. The van der Waals surface area contributed by atoms with Crippen molar-refractivity contribution in [1.29, 1.82) is 5.41 Å². The largest absolute Gasteiger partial charge is 0.433 e. The summed E-state index contributed by atoms with van der Waals surface area (Å²) in [6.07, 6.45) is -0.145. The van der Waals surface area contributed by atoms with Crippen molar-refractivity contribution in [2.45, 2.75) is 13.0 Å². The van der Waals surface area contributed by atoms with E-state index in [0.717, 1.165) is 13.1 Å². The SMILES string of the molecule is CC(F)(F)Oc1ccc(Nc2nccnc2C(=N)C2CNC2)cc1. The second-order valence-corrected chi connectivity index (χ2v) is 5.58. The molecule has 0 amide bonds. The zero-order valence-electron chi connectivity index (χ0n) is 13.0. The van der Waals surface area contributed by atoms with E-state index in [1.165, 1.54) is 18.3 Å². The number of hydrogen-bond acceptors (Lipinski definition) is 6. The van der Waals surface area contributed by atoms with Gasteiger partial charge < -0.3 is 20.8 Å². The van der Waals surface area contributed by atoms with Gasteiger partial charge in [0.1, 0.15) is 11.4 Å². The molecule has 0 saturated carbocycles. The summed E-state index contributed by atoms with van der Waals surface area (Å²) in [5.74, 6) is 0.661. The zero-order valence-corrected chi connectivity index (χ0v) is 13.0. The molecule has 2 heterocycles. The zero-order chi connectivity index (χ0) is 17.2. The molecule has 3 rings (SSSR count). The van der Waals surface area contributed by atoms with Crippen LogP contribution in [0, 0.1) is 11.3 Å². The number of alkyl halides is 2. The number of anilines is 2. The molecule has 126 valence electrons. The minimum absolute atomic E-state index is 0.0701. The molecule has 1 fully saturated rings. The second-order valence-electron chi connectivity index (χ2n) is 5.58. The molecule has 1 aliphatic rings. The van der Waals surface area contributed by atoms with Crippen molar-refractivity contribution >= 4 is 17.2 Å². The monoisotopic (exact) mass is 333 g/mol. The summed E-state index contributed by atoms with van der Waals surface area (Å²) in [5, 5.41) is 14.4. The number of aromatic nitrogens is 2. The van der Waals surface area contributed by atoms with Crippen molar-refractivity contribution in [1.82, 2.24) is 15.3 Å². The predicted molar refractivity (Wildman–Crippen MR) is 86.2 cm³/mol. The Labute approximate surface area is 137 Å². The summed E-state index contributed by atoms with van der Waals surface area (Å²) in [7, 11) is 0. The molecule has 0 unspecified atom stereocenters. The Morgan fingerprint density at radius 1 is 1.25 bits per heavy atom. The van der Waals surface area contributed by atoms with Crippen LogP contribution < -0.4 is 15.4 Å². The lowest BCUT2D eigenvalue weighted by atomic mass is 9.95. The molecule has 1 aliphatic heterocycles. The van der Waals surface area contributed by atoms with Crippen molar-refractivity contribution in [3.8, 4) is 5.75 Å². The number of hydrogen-bond donors (Lipinski definition) is 3. The van der Waals surface area contributed by atoms with E-state index in [1.807, 2.05) is 0 Å². The fraction of sp³-hybridized carbons (Fsp3) is 0.312. The molecule has 24 heavy (non-hydrogen) atoms. The van der Waals surface area contributed by atoms with Gasteiger partial charge in [-0.3, -0.25) is 0 Å². The van der Waals surface area contributed by atoms with E-state index in [0.29, 0.717) is 29.8 Å². The predicted octanol–water partition coefficient (Wildman–Crippen LogP) is 2.80. The highest BCUT2D eigenvalue weighted by atomic mass is 19.3. The maximum absolute atomic E-state index is 12.8. The van der Waals surface area contributed by atoms with Crippen molar-refractivity contribution in [2.24, 2.45) is 5.92 Å². The third kappa shape index (κ3) is 3.83. The van der Waals surface area contributed by atoms with Gasteiger partial charge in [-0.25, -0.2) is 9.97 Å². The molecule has 1 saturated heterocycles. The standard InChI is InChI=1S/C16H17F2N5O/c1-16(17,18)24-12-4-2-11(3-5-12)23-15-14(21-6-7-22-15)13(19)10-8-20-9-10/h2-7,10,19-20H,8-9H2,1H3,(H,22,23). The first-order valence-electron chi connectivity index (χ1n) is 7.47. The van der Waals surface area contributed by atoms with E-state index in [-0.39, 0.29) is 11.7 Å². The first kappa shape index (κ1) is 16.3. The number of halogens is 2. The molecule has 6 nitrogen and oxygen atoms in total. The van der Waals surface area contributed by atoms with E-state index in [4.69, 9.17) is 5.41 Å². The highest BCUT2D eigenvalue weighted by molar-refractivity contribution is 6.03. The molecule has 0 spiro atoms. The lowest BCUT2D eigenvalue weighted by Crippen LogP contribution is -2.46. The van der Waals surface area contributed by atoms with Crippen LogP contribution in [0.5, 0.6) is 5.75 Å². The minimum atomic E-state index is -3.22. The number of nitrogens with zero attached hydrogens (tertiary/aromatic N) is 2. The van der Waals surface area contributed by atoms with Crippen molar-refractivity contribution in [3.63, 3.8) is 0 Å². The smallest absolute Gasteiger partial charge is 0.394 e. The molecule has 3 N–H and O–H groups in total. The molecular formula is C16H17F2N5O. The second kappa shape index (κ2) is 6.48. The van der Waals surface area contributed by atoms with Gasteiger partial charge in [0, 0.05) is 44.0 Å². The lowest BCUT2D eigenvalue weighted by Gasteiger charge is -2.27. The van der Waals surface area contributed by atoms with Crippen LogP contribution in [0.4, 0.5) is 20.3 Å². The Hall–Kier alpha value is -2.61. The first-order valence-corrected chi connectivity index (χ1v) is 7.47. The van der Waals surface area contributed by atoms with Gasteiger partial charge in [-0.05, 0) is 24.3 Å². The van der Waals surface area contributed by atoms with E-state index < -0.39 is 6.11 Å². The van der Waals surface area contributed by atoms with Gasteiger partial charge >= 0.3 is 6.11 Å². The van der Waals surface area contributed by atoms with E-state index in [1.54, 1.807) is 18.3 Å². The van der Waals surface area contributed by atoms with Gasteiger partial charge in [-0.15, -0.1) is 0 Å². The Morgan fingerprint density at radius 2 is 1.92 bits per heavy atom. The molecule has 1 aromatic carbocycles. The van der Waals surface area contributed by atoms with Crippen molar-refractivity contribution in [2.75, 3.05) is 18.4 Å². The van der Waals surface area contributed by atoms with Gasteiger partial charge in [0.15, 0.2) is 5.82 Å². The maximum Gasteiger partial charge on any atom is 0.394 e. The average Bonchev–Trinajstić information content (AvgIpc) is 2.46.